The van der Waals surface area contributed by atoms with Gasteiger partial charge >= 0.3 is 0 Å². The number of anilines is 3. The van der Waals surface area contributed by atoms with Gasteiger partial charge in [0.25, 0.3) is 5.91 Å². The Morgan fingerprint density at radius 1 is 1.09 bits per heavy atom. The van der Waals surface area contributed by atoms with E-state index in [0.29, 0.717) is 23.8 Å². The molecule has 8 nitrogen and oxygen atoms in total. The van der Waals surface area contributed by atoms with Gasteiger partial charge in [0.05, 0.1) is 5.56 Å². The molecule has 4 N–H and O–H groups in total. The summed E-state index contributed by atoms with van der Waals surface area (Å²) in [5.41, 5.74) is 8.45. The zero-order valence-corrected chi connectivity index (χ0v) is 18.3. The standard InChI is InChI=1S/C24H24FN7O/c1-15(2)32-14-27-31-23(32)21-4-3-5-22(29-21)30-24(33)19-12-18(10-11-20(19)25)28-17-8-6-16(13-26)7-9-17/h3-12,14-15,28H,13,26H2,1-2H3,(H,29,30,33). The Kier molecular flexibility index (Phi) is 6.41. The van der Waals surface area contributed by atoms with E-state index in [0.717, 1.165) is 11.3 Å². The van der Waals surface area contributed by atoms with Gasteiger partial charge in [0.15, 0.2) is 5.82 Å². The van der Waals surface area contributed by atoms with E-state index in [2.05, 4.69) is 25.8 Å². The number of aromatic nitrogens is 4. The minimum absolute atomic E-state index is 0.101. The first-order valence-corrected chi connectivity index (χ1v) is 10.5. The highest BCUT2D eigenvalue weighted by molar-refractivity contribution is 6.04. The van der Waals surface area contributed by atoms with Gasteiger partial charge in [-0.05, 0) is 61.9 Å². The Hall–Kier alpha value is -4.11. The van der Waals surface area contributed by atoms with Gasteiger partial charge in [-0.25, -0.2) is 9.37 Å². The average molecular weight is 446 g/mol. The number of nitrogens with two attached hydrogens (primary N) is 1. The quantitative estimate of drug-likeness (QED) is 0.386. The lowest BCUT2D eigenvalue weighted by molar-refractivity contribution is 0.102. The lowest BCUT2D eigenvalue weighted by atomic mass is 10.1. The van der Waals surface area contributed by atoms with E-state index >= 15 is 0 Å². The van der Waals surface area contributed by atoms with Crippen molar-refractivity contribution in [2.45, 2.75) is 26.4 Å². The van der Waals surface area contributed by atoms with Crippen molar-refractivity contribution in [3.63, 3.8) is 0 Å². The summed E-state index contributed by atoms with van der Waals surface area (Å²) >= 11 is 0. The molecule has 0 saturated heterocycles. The highest BCUT2D eigenvalue weighted by Gasteiger charge is 2.16. The third kappa shape index (κ3) is 5.04. The van der Waals surface area contributed by atoms with Gasteiger partial charge in [0.1, 0.15) is 23.7 Å². The van der Waals surface area contributed by atoms with Crippen LogP contribution in [-0.4, -0.2) is 25.7 Å². The number of nitrogens with zero attached hydrogens (tertiary/aromatic N) is 4. The van der Waals surface area contributed by atoms with Crippen molar-refractivity contribution >= 4 is 23.1 Å². The summed E-state index contributed by atoms with van der Waals surface area (Å²) in [6, 6.07) is 17.1. The van der Waals surface area contributed by atoms with Crippen LogP contribution in [0.25, 0.3) is 11.5 Å². The first kappa shape index (κ1) is 22.1. The van der Waals surface area contributed by atoms with Crippen LogP contribution in [0.2, 0.25) is 0 Å². The van der Waals surface area contributed by atoms with E-state index in [9.17, 15) is 9.18 Å². The van der Waals surface area contributed by atoms with Crippen LogP contribution >= 0.6 is 0 Å². The van der Waals surface area contributed by atoms with Crippen molar-refractivity contribution in [3.05, 3.63) is 83.9 Å². The van der Waals surface area contributed by atoms with Crippen molar-refractivity contribution in [1.82, 2.24) is 19.7 Å². The Balaban J connectivity index is 1.53. The summed E-state index contributed by atoms with van der Waals surface area (Å²) in [7, 11) is 0. The summed E-state index contributed by atoms with van der Waals surface area (Å²) in [6.07, 6.45) is 1.63. The summed E-state index contributed by atoms with van der Waals surface area (Å²) in [4.78, 5) is 17.3. The normalized spacial score (nSPS) is 10.9. The number of nitrogens with one attached hydrogen (secondary N) is 2. The molecule has 0 unspecified atom stereocenters. The molecule has 0 atom stereocenters. The molecule has 0 fully saturated rings. The molecular weight excluding hydrogens is 421 g/mol. The molecule has 0 spiro atoms. The third-order valence-electron chi connectivity index (χ3n) is 5.04. The van der Waals surface area contributed by atoms with Gasteiger partial charge in [0.2, 0.25) is 0 Å². The smallest absolute Gasteiger partial charge is 0.259 e. The lowest BCUT2D eigenvalue weighted by Crippen LogP contribution is -2.15. The fourth-order valence-electron chi connectivity index (χ4n) is 3.28. The summed E-state index contributed by atoms with van der Waals surface area (Å²) in [5, 5.41) is 13.9. The summed E-state index contributed by atoms with van der Waals surface area (Å²) < 4.78 is 16.3. The summed E-state index contributed by atoms with van der Waals surface area (Å²) in [6.45, 7) is 4.47. The van der Waals surface area contributed by atoms with E-state index in [4.69, 9.17) is 5.73 Å². The number of hydrogen-bond donors (Lipinski definition) is 3. The molecule has 2 heterocycles. The van der Waals surface area contributed by atoms with Crippen LogP contribution in [0.4, 0.5) is 21.6 Å². The number of halogens is 1. The first-order valence-electron chi connectivity index (χ1n) is 10.5. The monoisotopic (exact) mass is 445 g/mol. The number of benzene rings is 2. The molecule has 168 valence electrons. The zero-order valence-electron chi connectivity index (χ0n) is 18.3. The second-order valence-corrected chi connectivity index (χ2v) is 7.74. The van der Waals surface area contributed by atoms with Crippen LogP contribution < -0.4 is 16.4 Å². The Morgan fingerprint density at radius 2 is 1.85 bits per heavy atom. The van der Waals surface area contributed by atoms with E-state index in [1.54, 1.807) is 30.6 Å². The average Bonchev–Trinajstić information content (AvgIpc) is 3.31. The van der Waals surface area contributed by atoms with E-state index in [1.807, 2.05) is 42.7 Å². The van der Waals surface area contributed by atoms with Gasteiger partial charge < -0.3 is 20.9 Å². The fraction of sp³-hybridized carbons (Fsp3) is 0.167. The van der Waals surface area contributed by atoms with Crippen LogP contribution in [-0.2, 0) is 6.54 Å². The zero-order chi connectivity index (χ0) is 23.4. The maximum absolute atomic E-state index is 14.5. The van der Waals surface area contributed by atoms with Crippen LogP contribution in [0.15, 0.2) is 67.0 Å². The largest absolute Gasteiger partial charge is 0.356 e. The predicted octanol–water partition coefficient (Wildman–Crippen LogP) is 4.51. The number of rotatable bonds is 7. The maximum atomic E-state index is 14.5. The molecule has 2 aromatic carbocycles. The lowest BCUT2D eigenvalue weighted by Gasteiger charge is -2.12. The van der Waals surface area contributed by atoms with Crippen molar-refractivity contribution in [3.8, 4) is 11.5 Å². The second kappa shape index (κ2) is 9.58. The number of hydrogen-bond acceptors (Lipinski definition) is 6. The predicted molar refractivity (Wildman–Crippen MR) is 126 cm³/mol. The van der Waals surface area contributed by atoms with Gasteiger partial charge in [-0.3, -0.25) is 4.79 Å². The Labute approximate surface area is 190 Å². The van der Waals surface area contributed by atoms with E-state index < -0.39 is 11.7 Å². The highest BCUT2D eigenvalue weighted by Crippen LogP contribution is 2.23. The van der Waals surface area contributed by atoms with E-state index in [-0.39, 0.29) is 17.4 Å². The molecule has 4 rings (SSSR count). The van der Waals surface area contributed by atoms with Gasteiger partial charge in [-0.2, -0.15) is 0 Å². The minimum Gasteiger partial charge on any atom is -0.356 e. The number of carbonyl (C=O) groups excluding carboxylic acids is 1. The van der Waals surface area contributed by atoms with Gasteiger partial charge in [-0.1, -0.05) is 18.2 Å². The maximum Gasteiger partial charge on any atom is 0.259 e. The molecule has 0 aliphatic rings. The number of carbonyl (C=O) groups is 1. The minimum atomic E-state index is -0.632. The number of pyridine rings is 1. The van der Waals surface area contributed by atoms with Crippen LogP contribution in [0, 0.1) is 5.82 Å². The number of amides is 1. The molecule has 0 aliphatic heterocycles. The first-order chi connectivity index (χ1) is 15.9. The van der Waals surface area contributed by atoms with Crippen LogP contribution in [0.5, 0.6) is 0 Å². The molecule has 9 heteroatoms. The molecule has 4 aromatic rings. The van der Waals surface area contributed by atoms with Crippen molar-refractivity contribution < 1.29 is 9.18 Å². The fourth-order valence-corrected chi connectivity index (χ4v) is 3.28. The van der Waals surface area contributed by atoms with Gasteiger partial charge in [-0.15, -0.1) is 10.2 Å². The van der Waals surface area contributed by atoms with Crippen molar-refractivity contribution in [2.24, 2.45) is 5.73 Å². The van der Waals surface area contributed by atoms with Gasteiger partial charge in [0, 0.05) is 24.0 Å². The Bertz CT molecular complexity index is 1270. The summed E-state index contributed by atoms with van der Waals surface area (Å²) in [5.74, 6) is -0.373. The molecule has 2 aromatic heterocycles. The highest BCUT2D eigenvalue weighted by atomic mass is 19.1. The topological polar surface area (TPSA) is 111 Å². The van der Waals surface area contributed by atoms with E-state index in [1.165, 1.54) is 12.1 Å². The molecule has 1 amide bonds. The molecule has 33 heavy (non-hydrogen) atoms. The molecular formula is C24H24FN7O. The van der Waals surface area contributed by atoms with Crippen molar-refractivity contribution in [1.29, 1.82) is 0 Å². The molecule has 0 bridgehead atoms. The van der Waals surface area contributed by atoms with Crippen LogP contribution in [0.1, 0.15) is 35.8 Å². The van der Waals surface area contributed by atoms with Crippen molar-refractivity contribution in [2.75, 3.05) is 10.6 Å². The molecule has 0 saturated carbocycles. The third-order valence-corrected chi connectivity index (χ3v) is 5.04. The molecule has 0 radical (unpaired) electrons. The molecule has 0 aliphatic carbocycles. The van der Waals surface area contributed by atoms with Crippen LogP contribution in [0.3, 0.4) is 0 Å². The SMILES string of the molecule is CC(C)n1cnnc1-c1cccc(NC(=O)c2cc(Nc3ccc(CN)cc3)ccc2F)n1. The Morgan fingerprint density at radius 3 is 2.58 bits per heavy atom. The second-order valence-electron chi connectivity index (χ2n) is 7.74.